The van der Waals surface area contributed by atoms with Gasteiger partial charge in [-0.2, -0.15) is 0 Å². The predicted molar refractivity (Wildman–Crippen MR) is 78.5 cm³/mol. The van der Waals surface area contributed by atoms with Crippen LogP contribution in [0.3, 0.4) is 0 Å². The normalized spacial score (nSPS) is 14.7. The minimum Gasteiger partial charge on any atom is -0.477 e. The fourth-order valence-electron chi connectivity index (χ4n) is 1.85. The van der Waals surface area contributed by atoms with Crippen LogP contribution in [0.4, 0.5) is 0 Å². The summed E-state index contributed by atoms with van der Waals surface area (Å²) in [5, 5.41) is 3.53. The first-order valence-corrected chi connectivity index (χ1v) is 7.17. The Morgan fingerprint density at radius 3 is 2.89 bits per heavy atom. The molecule has 3 nitrogen and oxygen atoms in total. The first kappa shape index (κ1) is 14.1. The molecule has 0 amide bonds. The molecule has 1 N–H and O–H groups in total. The molecular weight excluding hydrogens is 236 g/mol. The van der Waals surface area contributed by atoms with E-state index in [-0.39, 0.29) is 0 Å². The Morgan fingerprint density at radius 2 is 2.26 bits per heavy atom. The summed E-state index contributed by atoms with van der Waals surface area (Å²) in [6, 6.07) is 4.95. The van der Waals surface area contributed by atoms with Crippen LogP contribution in [0.5, 0.6) is 5.88 Å². The fraction of sp³-hybridized carbons (Fsp3) is 0.562. The van der Waals surface area contributed by atoms with Gasteiger partial charge in [0.1, 0.15) is 0 Å². The van der Waals surface area contributed by atoms with Gasteiger partial charge in [-0.3, -0.25) is 0 Å². The summed E-state index contributed by atoms with van der Waals surface area (Å²) < 4.78 is 5.69. The van der Waals surface area contributed by atoms with E-state index in [0.717, 1.165) is 30.6 Å². The molecule has 19 heavy (non-hydrogen) atoms. The molecule has 0 atom stereocenters. The molecule has 2 rings (SSSR count). The highest BCUT2D eigenvalue weighted by atomic mass is 16.5. The molecule has 1 saturated carbocycles. The highest BCUT2D eigenvalue weighted by molar-refractivity contribution is 5.27. The lowest BCUT2D eigenvalue weighted by atomic mass is 10.1. The first-order chi connectivity index (χ1) is 9.19. The standard InChI is InChI=1S/C16H24N2O/c1-4-5-8-19-16-10-13(11-17-14-6-7-14)9-15(18-16)12(2)3/h4,9-10,12,14,17H,1,5-8,11H2,2-3H3. The van der Waals surface area contributed by atoms with Crippen LogP contribution < -0.4 is 10.1 Å². The number of aromatic nitrogens is 1. The van der Waals surface area contributed by atoms with Crippen LogP contribution in [-0.4, -0.2) is 17.6 Å². The minimum atomic E-state index is 0.419. The largest absolute Gasteiger partial charge is 0.477 e. The van der Waals surface area contributed by atoms with Crippen LogP contribution in [0.15, 0.2) is 24.8 Å². The second kappa shape index (κ2) is 6.71. The number of pyridine rings is 1. The maximum Gasteiger partial charge on any atom is 0.213 e. The molecule has 1 aromatic heterocycles. The summed E-state index contributed by atoms with van der Waals surface area (Å²) in [4.78, 5) is 4.56. The predicted octanol–water partition coefficient (Wildman–Crippen LogP) is 3.41. The molecule has 1 heterocycles. The average molecular weight is 260 g/mol. The van der Waals surface area contributed by atoms with E-state index in [1.807, 2.05) is 12.1 Å². The number of hydrogen-bond acceptors (Lipinski definition) is 3. The summed E-state index contributed by atoms with van der Waals surface area (Å²) >= 11 is 0. The van der Waals surface area contributed by atoms with Gasteiger partial charge in [-0.05, 0) is 36.8 Å². The molecule has 104 valence electrons. The van der Waals surface area contributed by atoms with Crippen molar-refractivity contribution < 1.29 is 4.74 Å². The molecule has 0 saturated heterocycles. The van der Waals surface area contributed by atoms with Gasteiger partial charge < -0.3 is 10.1 Å². The number of nitrogens with one attached hydrogen (secondary N) is 1. The molecule has 3 heteroatoms. The van der Waals surface area contributed by atoms with Gasteiger partial charge in [-0.25, -0.2) is 4.98 Å². The van der Waals surface area contributed by atoms with Gasteiger partial charge in [0.25, 0.3) is 0 Å². The van der Waals surface area contributed by atoms with Crippen molar-refractivity contribution in [1.29, 1.82) is 0 Å². The average Bonchev–Trinajstić information content (AvgIpc) is 3.20. The molecular formula is C16H24N2O. The SMILES string of the molecule is C=CCCOc1cc(CNC2CC2)cc(C(C)C)n1. The zero-order chi connectivity index (χ0) is 13.7. The van der Waals surface area contributed by atoms with E-state index < -0.39 is 0 Å². The lowest BCUT2D eigenvalue weighted by molar-refractivity contribution is 0.310. The molecule has 1 aliphatic carbocycles. The summed E-state index contributed by atoms with van der Waals surface area (Å²) in [6.07, 6.45) is 5.33. The highest BCUT2D eigenvalue weighted by Gasteiger charge is 2.20. The number of nitrogens with zero attached hydrogens (tertiary/aromatic N) is 1. The zero-order valence-electron chi connectivity index (χ0n) is 12.0. The van der Waals surface area contributed by atoms with Gasteiger partial charge in [0.2, 0.25) is 5.88 Å². The van der Waals surface area contributed by atoms with E-state index in [9.17, 15) is 0 Å². The topological polar surface area (TPSA) is 34.1 Å². The molecule has 0 spiro atoms. The number of hydrogen-bond donors (Lipinski definition) is 1. The molecule has 0 aliphatic heterocycles. The molecule has 0 aromatic carbocycles. The van der Waals surface area contributed by atoms with Crippen LogP contribution in [0, 0.1) is 0 Å². The maximum absolute atomic E-state index is 5.69. The van der Waals surface area contributed by atoms with Crippen molar-refractivity contribution in [2.45, 2.75) is 51.6 Å². The molecule has 0 radical (unpaired) electrons. The van der Waals surface area contributed by atoms with E-state index in [2.05, 4.69) is 36.8 Å². The monoisotopic (exact) mass is 260 g/mol. The van der Waals surface area contributed by atoms with Crippen molar-refractivity contribution in [2.75, 3.05) is 6.61 Å². The Bertz CT molecular complexity index is 425. The second-order valence-corrected chi connectivity index (χ2v) is 5.47. The number of ether oxygens (including phenoxy) is 1. The molecule has 1 aliphatic rings. The van der Waals surface area contributed by atoms with Crippen molar-refractivity contribution >= 4 is 0 Å². The van der Waals surface area contributed by atoms with Crippen molar-refractivity contribution in [3.63, 3.8) is 0 Å². The molecule has 1 fully saturated rings. The Kier molecular flexibility index (Phi) is 4.97. The third-order valence-corrected chi connectivity index (χ3v) is 3.22. The lowest BCUT2D eigenvalue weighted by Crippen LogP contribution is -2.16. The van der Waals surface area contributed by atoms with Crippen LogP contribution in [0.25, 0.3) is 0 Å². The number of rotatable bonds is 8. The van der Waals surface area contributed by atoms with Crippen molar-refractivity contribution in [2.24, 2.45) is 0 Å². The summed E-state index contributed by atoms with van der Waals surface area (Å²) in [5.74, 6) is 1.16. The second-order valence-electron chi connectivity index (χ2n) is 5.47. The van der Waals surface area contributed by atoms with Crippen LogP contribution in [0.2, 0.25) is 0 Å². The molecule has 0 unspecified atom stereocenters. The summed E-state index contributed by atoms with van der Waals surface area (Å²) in [5.41, 5.74) is 2.36. The smallest absolute Gasteiger partial charge is 0.213 e. The van der Waals surface area contributed by atoms with Crippen molar-refractivity contribution in [3.05, 3.63) is 36.0 Å². The van der Waals surface area contributed by atoms with Crippen molar-refractivity contribution in [3.8, 4) is 5.88 Å². The third-order valence-electron chi connectivity index (χ3n) is 3.22. The Hall–Kier alpha value is -1.35. The van der Waals surface area contributed by atoms with Gasteiger partial charge in [-0.15, -0.1) is 6.58 Å². The van der Waals surface area contributed by atoms with Gasteiger partial charge in [0.15, 0.2) is 0 Å². The van der Waals surface area contributed by atoms with Crippen LogP contribution >= 0.6 is 0 Å². The molecule has 0 bridgehead atoms. The van der Waals surface area contributed by atoms with E-state index in [4.69, 9.17) is 4.74 Å². The van der Waals surface area contributed by atoms with E-state index in [1.165, 1.54) is 18.4 Å². The van der Waals surface area contributed by atoms with E-state index in [1.54, 1.807) is 0 Å². The van der Waals surface area contributed by atoms with Crippen LogP contribution in [0.1, 0.15) is 50.3 Å². The third kappa shape index (κ3) is 4.67. The first-order valence-electron chi connectivity index (χ1n) is 7.17. The highest BCUT2D eigenvalue weighted by Crippen LogP contribution is 2.22. The summed E-state index contributed by atoms with van der Waals surface area (Å²) in [7, 11) is 0. The fourth-order valence-corrected chi connectivity index (χ4v) is 1.85. The molecule has 1 aromatic rings. The van der Waals surface area contributed by atoms with Gasteiger partial charge in [0.05, 0.1) is 6.61 Å². The quantitative estimate of drug-likeness (QED) is 0.574. The minimum absolute atomic E-state index is 0.419. The summed E-state index contributed by atoms with van der Waals surface area (Å²) in [6.45, 7) is 9.58. The Labute approximate surface area is 116 Å². The maximum atomic E-state index is 5.69. The van der Waals surface area contributed by atoms with Gasteiger partial charge >= 0.3 is 0 Å². The Balaban J connectivity index is 2.04. The van der Waals surface area contributed by atoms with Gasteiger partial charge in [-0.1, -0.05) is 19.9 Å². The van der Waals surface area contributed by atoms with Crippen LogP contribution in [-0.2, 0) is 6.54 Å². The van der Waals surface area contributed by atoms with Gasteiger partial charge in [0, 0.05) is 24.3 Å². The zero-order valence-corrected chi connectivity index (χ0v) is 12.0. The Morgan fingerprint density at radius 1 is 1.47 bits per heavy atom. The van der Waals surface area contributed by atoms with Crippen molar-refractivity contribution in [1.82, 2.24) is 10.3 Å². The van der Waals surface area contributed by atoms with E-state index >= 15 is 0 Å². The lowest BCUT2D eigenvalue weighted by Gasteiger charge is -2.12. The van der Waals surface area contributed by atoms with E-state index in [0.29, 0.717) is 12.5 Å².